The van der Waals surface area contributed by atoms with E-state index in [0.29, 0.717) is 0 Å². The van der Waals surface area contributed by atoms with E-state index in [4.69, 9.17) is 0 Å². The van der Waals surface area contributed by atoms with Crippen LogP contribution in [0.1, 0.15) is 0 Å². The molecule has 0 aromatic heterocycles. The third-order valence-corrected chi connectivity index (χ3v) is 0.189. The van der Waals surface area contributed by atoms with Crippen molar-refractivity contribution in [3.05, 3.63) is 0 Å². The van der Waals surface area contributed by atoms with E-state index in [1.807, 2.05) is 0 Å². The zero-order valence-electron chi connectivity index (χ0n) is 2.07. The molecule has 0 bridgehead atoms. The fourth-order valence-electron chi connectivity index (χ4n) is 0. The van der Waals surface area contributed by atoms with Crippen molar-refractivity contribution in [1.29, 1.82) is 0 Å². The highest BCUT2D eigenvalue weighted by atomic mass is 32.2. The Morgan fingerprint density at radius 1 is 2.00 bits per heavy atom. The van der Waals surface area contributed by atoms with Gasteiger partial charge in [-0.2, -0.15) is 3.89 Å². The molecule has 0 spiro atoms. The summed E-state index contributed by atoms with van der Waals surface area (Å²) >= 11 is 0.134. The van der Waals surface area contributed by atoms with Crippen molar-refractivity contribution in [2.75, 3.05) is 5.65 Å². The molecule has 0 aliphatic heterocycles. The molecule has 0 aliphatic carbocycles. The van der Waals surface area contributed by atoms with Crippen LogP contribution in [0.4, 0.5) is 3.89 Å². The van der Waals surface area contributed by atoms with Gasteiger partial charge in [0.25, 0.3) is 0 Å². The molecule has 2 radical (unpaired) electrons. The van der Waals surface area contributed by atoms with Crippen LogP contribution in [0.5, 0.6) is 0 Å². The second-order valence-corrected chi connectivity index (χ2v) is 0.827. The third kappa shape index (κ3) is 2.34. The van der Waals surface area contributed by atoms with Crippen molar-refractivity contribution in [2.45, 2.75) is 0 Å². The molecule has 0 N–H and O–H groups in total. The normalized spacial score (nSPS) is 7.25. The lowest BCUT2D eigenvalue weighted by Gasteiger charge is -1.62. The van der Waals surface area contributed by atoms with Gasteiger partial charge in [-0.3, -0.25) is 0 Å². The van der Waals surface area contributed by atoms with E-state index in [1.54, 1.807) is 0 Å². The van der Waals surface area contributed by atoms with Gasteiger partial charge in [0.05, 0.1) is 7.85 Å². The van der Waals surface area contributed by atoms with Crippen molar-refractivity contribution in [2.24, 2.45) is 0 Å². The number of rotatable bonds is 1. The number of hydrogen-bond donors (Lipinski definition) is 0. The lowest BCUT2D eigenvalue weighted by atomic mass is 10.2. The molecule has 3 heteroatoms. The van der Waals surface area contributed by atoms with Crippen molar-refractivity contribution < 1.29 is 3.89 Å². The van der Waals surface area contributed by atoms with Crippen LogP contribution in [0, 0.1) is 0 Å². The predicted molar refractivity (Wildman–Crippen MR) is 19.3 cm³/mol. The predicted octanol–water partition coefficient (Wildman–Crippen LogP) is 0.730. The van der Waals surface area contributed by atoms with E-state index >= 15 is 0 Å². The summed E-state index contributed by atoms with van der Waals surface area (Å²) < 4.78 is 10.5. The summed E-state index contributed by atoms with van der Waals surface area (Å²) in [6.45, 7) is 0. The number of hydrogen-bond acceptors (Lipinski definition) is 1. The van der Waals surface area contributed by atoms with Crippen LogP contribution in [-0.4, -0.2) is 13.5 Å². The minimum atomic E-state index is 0.0694. The maximum absolute atomic E-state index is 10.5. The molecule has 0 aromatic rings. The SMILES string of the molecule is [B]CSF. The molecule has 0 unspecified atom stereocenters. The first kappa shape index (κ1) is 4.34. The van der Waals surface area contributed by atoms with E-state index in [0.717, 1.165) is 0 Å². The first-order valence-corrected chi connectivity index (χ1v) is 1.74. The Balaban J connectivity index is 1.97. The highest BCUT2D eigenvalue weighted by Gasteiger charge is 1.62. The second kappa shape index (κ2) is 3.34. The van der Waals surface area contributed by atoms with Crippen LogP contribution in [-0.2, 0) is 0 Å². The zero-order valence-corrected chi connectivity index (χ0v) is 2.89. The Hall–Kier alpha value is 0.345. The smallest absolute Gasteiger partial charge is 0.0834 e. The van der Waals surface area contributed by atoms with E-state index < -0.39 is 0 Å². The summed E-state index contributed by atoms with van der Waals surface area (Å²) in [7, 11) is 4.62. The van der Waals surface area contributed by atoms with Gasteiger partial charge < -0.3 is 0 Å². The molecule has 0 rings (SSSR count). The molecule has 0 aliphatic rings. The fourth-order valence-corrected chi connectivity index (χ4v) is 0. The van der Waals surface area contributed by atoms with Gasteiger partial charge in [-0.05, 0) is 5.65 Å². The van der Waals surface area contributed by atoms with Gasteiger partial charge in [0.1, 0.15) is 0 Å². The molecule has 0 nitrogen and oxygen atoms in total. The summed E-state index contributed by atoms with van der Waals surface area (Å²) in [5.74, 6) is 0. The Morgan fingerprint density at radius 3 is 2.25 bits per heavy atom. The van der Waals surface area contributed by atoms with E-state index in [9.17, 15) is 3.89 Å². The van der Waals surface area contributed by atoms with Crippen molar-refractivity contribution in [3.8, 4) is 0 Å². The fraction of sp³-hybridized carbons (Fsp3) is 1.00. The van der Waals surface area contributed by atoms with Crippen LogP contribution in [0.2, 0.25) is 0 Å². The zero-order chi connectivity index (χ0) is 3.41. The standard InChI is InChI=1S/CH2BFS/c2-1-4-3/h1H2. The average molecular weight is 75.9 g/mol. The van der Waals surface area contributed by atoms with E-state index in [2.05, 4.69) is 7.85 Å². The van der Waals surface area contributed by atoms with Crippen molar-refractivity contribution in [1.82, 2.24) is 0 Å². The lowest BCUT2D eigenvalue weighted by Crippen LogP contribution is -1.60. The maximum Gasteiger partial charge on any atom is 0.0834 e. The molecule has 0 heterocycles. The average Bonchev–Trinajstić information content (AvgIpc) is 1.37. The topological polar surface area (TPSA) is 0 Å². The summed E-state index contributed by atoms with van der Waals surface area (Å²) in [6, 6.07) is 0. The molecular formula is CH2BFS. The molecule has 0 amide bonds. The highest BCUT2D eigenvalue weighted by molar-refractivity contribution is 7.95. The van der Waals surface area contributed by atoms with Crippen LogP contribution < -0.4 is 0 Å². The summed E-state index contributed by atoms with van der Waals surface area (Å²) in [4.78, 5) is 0. The minimum Gasteiger partial charge on any atom is -0.166 e. The number of halogens is 1. The molecule has 0 aromatic carbocycles. The van der Waals surface area contributed by atoms with Gasteiger partial charge in [-0.1, -0.05) is 0 Å². The van der Waals surface area contributed by atoms with Gasteiger partial charge in [0.2, 0.25) is 0 Å². The molecule has 0 fully saturated rings. The quantitative estimate of drug-likeness (QED) is 0.415. The van der Waals surface area contributed by atoms with Gasteiger partial charge >= 0.3 is 0 Å². The summed E-state index contributed by atoms with van der Waals surface area (Å²) in [5.41, 5.74) is 0.0694. The molecule has 0 atom stereocenters. The summed E-state index contributed by atoms with van der Waals surface area (Å²) in [5, 5.41) is 0. The molecule has 22 valence electrons. The van der Waals surface area contributed by atoms with Crippen LogP contribution >= 0.6 is 12.1 Å². The molecular weight excluding hydrogens is 73.9 g/mol. The minimum absolute atomic E-state index is 0.0694. The van der Waals surface area contributed by atoms with Gasteiger partial charge in [-0.15, -0.1) is 0 Å². The van der Waals surface area contributed by atoms with E-state index in [1.165, 1.54) is 0 Å². The van der Waals surface area contributed by atoms with Gasteiger partial charge in [0.15, 0.2) is 0 Å². The van der Waals surface area contributed by atoms with Gasteiger partial charge in [-0.25, -0.2) is 0 Å². The van der Waals surface area contributed by atoms with Crippen LogP contribution in [0.25, 0.3) is 0 Å². The van der Waals surface area contributed by atoms with Crippen LogP contribution in [0.15, 0.2) is 0 Å². The first-order valence-electron chi connectivity index (χ1n) is 0.851. The Labute approximate surface area is 30.5 Å². The Kier molecular flexibility index (Phi) is 3.63. The Morgan fingerprint density at radius 2 is 2.25 bits per heavy atom. The largest absolute Gasteiger partial charge is 0.166 e. The third-order valence-electron chi connectivity index (χ3n) is 0.0630. The maximum atomic E-state index is 10.5. The lowest BCUT2D eigenvalue weighted by molar-refractivity contribution is 0.942. The molecule has 0 saturated carbocycles. The Bertz CT molecular complexity index is 10.0. The van der Waals surface area contributed by atoms with Crippen LogP contribution in [0.3, 0.4) is 0 Å². The molecule has 4 heavy (non-hydrogen) atoms. The van der Waals surface area contributed by atoms with E-state index in [-0.39, 0.29) is 17.8 Å². The second-order valence-electron chi connectivity index (χ2n) is 0.276. The first-order chi connectivity index (χ1) is 1.91. The van der Waals surface area contributed by atoms with Gasteiger partial charge in [0, 0.05) is 12.1 Å². The van der Waals surface area contributed by atoms with Crippen molar-refractivity contribution in [3.63, 3.8) is 0 Å². The highest BCUT2D eigenvalue weighted by Crippen LogP contribution is 1.91. The summed E-state index contributed by atoms with van der Waals surface area (Å²) in [6.07, 6.45) is 0. The molecule has 0 saturated heterocycles. The van der Waals surface area contributed by atoms with Crippen molar-refractivity contribution >= 4 is 20.0 Å². The monoisotopic (exact) mass is 76.0 g/mol.